The molecule has 0 saturated carbocycles. The Morgan fingerprint density at radius 3 is 2.64 bits per heavy atom. The zero-order chi connectivity index (χ0) is 19.8. The van der Waals surface area contributed by atoms with Crippen LogP contribution in [-0.2, 0) is 0 Å². The number of primary amides is 1. The quantitative estimate of drug-likeness (QED) is 0.389. The summed E-state index contributed by atoms with van der Waals surface area (Å²) in [6.45, 7) is 0. The van der Waals surface area contributed by atoms with Gasteiger partial charge in [0.25, 0.3) is 5.91 Å². The van der Waals surface area contributed by atoms with E-state index in [9.17, 15) is 4.79 Å². The first-order chi connectivity index (χ1) is 13.5. The fraction of sp³-hybridized carbons (Fsp3) is 0.105. The van der Waals surface area contributed by atoms with Gasteiger partial charge in [0.05, 0.1) is 16.8 Å². The molecule has 1 atom stereocenters. The molecule has 6 N–H and O–H groups in total. The van der Waals surface area contributed by atoms with Gasteiger partial charge in [-0.15, -0.1) is 11.8 Å². The van der Waals surface area contributed by atoms with Crippen LogP contribution in [0.1, 0.15) is 10.4 Å². The van der Waals surface area contributed by atoms with Gasteiger partial charge in [-0.25, -0.2) is 0 Å². The topological polar surface area (TPSA) is 110 Å². The van der Waals surface area contributed by atoms with Crippen LogP contribution >= 0.6 is 24.0 Å². The Labute approximate surface area is 171 Å². The number of hydrogen-bond donors (Lipinski definition) is 4. The van der Waals surface area contributed by atoms with Gasteiger partial charge in [0, 0.05) is 10.3 Å². The van der Waals surface area contributed by atoms with Crippen LogP contribution in [0.3, 0.4) is 0 Å². The first-order valence-corrected chi connectivity index (χ1v) is 10.1. The predicted octanol–water partition coefficient (Wildman–Crippen LogP) is 2.05. The summed E-state index contributed by atoms with van der Waals surface area (Å²) < 4.78 is 1.86. The second-order valence-electron chi connectivity index (χ2n) is 6.21. The van der Waals surface area contributed by atoms with Gasteiger partial charge in [-0.1, -0.05) is 30.3 Å². The lowest BCUT2D eigenvalue weighted by atomic mass is 10.0. The monoisotopic (exact) mass is 410 g/mol. The second kappa shape index (κ2) is 7.27. The van der Waals surface area contributed by atoms with Crippen LogP contribution in [0.5, 0.6) is 0 Å². The van der Waals surface area contributed by atoms with Crippen LogP contribution in [0.25, 0.3) is 22.2 Å². The SMILES string of the molecule is CSc1ccc2c(c1)c(C(N)=O)c(-c1ccccc1)n2C1=NNC(=S)NC1N. The summed E-state index contributed by atoms with van der Waals surface area (Å²) in [6.07, 6.45) is 1.34. The van der Waals surface area contributed by atoms with Gasteiger partial charge in [0.1, 0.15) is 6.17 Å². The number of rotatable bonds is 3. The maximum absolute atomic E-state index is 12.5. The minimum Gasteiger partial charge on any atom is -0.366 e. The first kappa shape index (κ1) is 18.5. The number of amides is 1. The number of aromatic nitrogens is 1. The summed E-state index contributed by atoms with van der Waals surface area (Å²) in [7, 11) is 0. The van der Waals surface area contributed by atoms with Crippen molar-refractivity contribution in [2.75, 3.05) is 6.26 Å². The highest BCUT2D eigenvalue weighted by Gasteiger charge is 2.29. The first-order valence-electron chi connectivity index (χ1n) is 8.49. The molecule has 2 aromatic carbocycles. The normalized spacial score (nSPS) is 16.4. The second-order valence-corrected chi connectivity index (χ2v) is 7.49. The molecule has 7 nitrogen and oxygen atoms in total. The maximum Gasteiger partial charge on any atom is 0.251 e. The molecule has 1 aliphatic rings. The van der Waals surface area contributed by atoms with E-state index in [1.54, 1.807) is 11.8 Å². The van der Waals surface area contributed by atoms with E-state index in [4.69, 9.17) is 23.7 Å². The van der Waals surface area contributed by atoms with Crippen LogP contribution in [0.4, 0.5) is 0 Å². The number of carbonyl (C=O) groups excluding carboxylic acids is 1. The third-order valence-corrected chi connectivity index (χ3v) is 5.47. The summed E-state index contributed by atoms with van der Waals surface area (Å²) in [5.74, 6) is -0.0240. The summed E-state index contributed by atoms with van der Waals surface area (Å²) in [5, 5.41) is 8.41. The van der Waals surface area contributed by atoms with E-state index in [0.29, 0.717) is 22.2 Å². The number of thioether (sulfide) groups is 1. The minimum atomic E-state index is -0.646. The molecule has 0 spiro atoms. The highest BCUT2D eigenvalue weighted by molar-refractivity contribution is 7.98. The maximum atomic E-state index is 12.5. The van der Waals surface area contributed by atoms with Gasteiger partial charge in [-0.3, -0.25) is 14.8 Å². The van der Waals surface area contributed by atoms with Crippen LogP contribution in [-0.4, -0.2) is 33.8 Å². The molecule has 1 aromatic heterocycles. The molecule has 1 aliphatic heterocycles. The molecule has 0 fully saturated rings. The molecule has 0 bridgehead atoms. The fourth-order valence-electron chi connectivity index (χ4n) is 3.36. The van der Waals surface area contributed by atoms with Crippen molar-refractivity contribution in [3.63, 3.8) is 0 Å². The molecular formula is C19H18N6OS2. The lowest BCUT2D eigenvalue weighted by Gasteiger charge is -2.25. The summed E-state index contributed by atoms with van der Waals surface area (Å²) in [6, 6.07) is 15.5. The molecule has 2 heterocycles. The summed E-state index contributed by atoms with van der Waals surface area (Å²) >= 11 is 6.69. The summed E-state index contributed by atoms with van der Waals surface area (Å²) in [5.41, 5.74) is 17.5. The third kappa shape index (κ3) is 3.03. The zero-order valence-electron chi connectivity index (χ0n) is 15.0. The smallest absolute Gasteiger partial charge is 0.251 e. The Balaban J connectivity index is 2.13. The van der Waals surface area contributed by atoms with Crippen molar-refractivity contribution >= 4 is 51.7 Å². The van der Waals surface area contributed by atoms with Gasteiger partial charge in [-0.2, -0.15) is 5.10 Å². The van der Waals surface area contributed by atoms with Crippen molar-refractivity contribution in [2.24, 2.45) is 16.6 Å². The number of nitrogens with two attached hydrogens (primary N) is 2. The van der Waals surface area contributed by atoms with Crippen LogP contribution in [0, 0.1) is 0 Å². The lowest BCUT2D eigenvalue weighted by Crippen LogP contribution is -2.56. The van der Waals surface area contributed by atoms with Crippen molar-refractivity contribution in [3.05, 3.63) is 54.1 Å². The minimum absolute atomic E-state index is 0.341. The number of nitrogens with zero attached hydrogens (tertiary/aromatic N) is 2. The number of thiocarbonyl (C=S) groups is 1. The van der Waals surface area contributed by atoms with Gasteiger partial charge in [0.15, 0.2) is 10.9 Å². The van der Waals surface area contributed by atoms with Crippen molar-refractivity contribution in [3.8, 4) is 11.3 Å². The Morgan fingerprint density at radius 1 is 1.25 bits per heavy atom. The number of hydrogen-bond acceptors (Lipinski definition) is 5. The largest absolute Gasteiger partial charge is 0.366 e. The van der Waals surface area contributed by atoms with Gasteiger partial charge in [0.2, 0.25) is 0 Å². The third-order valence-electron chi connectivity index (χ3n) is 4.53. The molecule has 142 valence electrons. The highest BCUT2D eigenvalue weighted by Crippen LogP contribution is 2.36. The van der Waals surface area contributed by atoms with E-state index >= 15 is 0 Å². The Kier molecular flexibility index (Phi) is 4.80. The van der Waals surface area contributed by atoms with E-state index in [2.05, 4.69) is 15.8 Å². The van der Waals surface area contributed by atoms with E-state index in [1.807, 2.05) is 59.4 Å². The molecule has 0 aliphatic carbocycles. The van der Waals surface area contributed by atoms with E-state index in [1.165, 1.54) is 0 Å². The van der Waals surface area contributed by atoms with Crippen molar-refractivity contribution in [1.82, 2.24) is 15.3 Å². The molecule has 0 saturated heterocycles. The standard InChI is InChI=1S/C19H18N6OS2/c1-28-11-7-8-13-12(9-11)14(17(21)26)15(10-5-3-2-4-6-10)25(13)18-16(20)22-19(27)24-23-18/h2-9,16H,20H2,1H3,(H2,21,26)(H2,22,24,27). The van der Waals surface area contributed by atoms with E-state index in [0.717, 1.165) is 21.4 Å². The van der Waals surface area contributed by atoms with E-state index in [-0.39, 0.29) is 0 Å². The van der Waals surface area contributed by atoms with Gasteiger partial charge < -0.3 is 16.8 Å². The molecule has 28 heavy (non-hydrogen) atoms. The Hall–Kier alpha value is -2.88. The van der Waals surface area contributed by atoms with Crippen LogP contribution < -0.4 is 22.2 Å². The molecule has 3 aromatic rings. The van der Waals surface area contributed by atoms with Crippen molar-refractivity contribution < 1.29 is 4.79 Å². The Bertz CT molecular complexity index is 1120. The molecule has 9 heteroatoms. The predicted molar refractivity (Wildman–Crippen MR) is 117 cm³/mol. The van der Waals surface area contributed by atoms with Crippen LogP contribution in [0.2, 0.25) is 0 Å². The highest BCUT2D eigenvalue weighted by atomic mass is 32.2. The number of fused-ring (bicyclic) bond motifs is 1. The molecule has 1 unspecified atom stereocenters. The summed E-state index contributed by atoms with van der Waals surface area (Å²) in [4.78, 5) is 13.5. The lowest BCUT2D eigenvalue weighted by molar-refractivity contribution is 0.100. The van der Waals surface area contributed by atoms with Gasteiger partial charge in [-0.05, 0) is 42.2 Å². The number of hydrazone groups is 1. The van der Waals surface area contributed by atoms with Crippen LogP contribution in [0.15, 0.2) is 58.5 Å². The fourth-order valence-corrected chi connectivity index (χ4v) is 3.97. The molecular weight excluding hydrogens is 392 g/mol. The average molecular weight is 411 g/mol. The molecule has 0 radical (unpaired) electrons. The molecule has 4 rings (SSSR count). The Morgan fingerprint density at radius 2 is 2.00 bits per heavy atom. The number of carbonyl (C=O) groups is 1. The number of benzene rings is 2. The van der Waals surface area contributed by atoms with Gasteiger partial charge >= 0.3 is 0 Å². The van der Waals surface area contributed by atoms with Crippen molar-refractivity contribution in [2.45, 2.75) is 11.1 Å². The van der Waals surface area contributed by atoms with Crippen molar-refractivity contribution in [1.29, 1.82) is 0 Å². The average Bonchev–Trinajstić information content (AvgIpc) is 3.03. The van der Waals surface area contributed by atoms with E-state index < -0.39 is 12.1 Å². The molecule has 1 amide bonds. The number of nitrogens with one attached hydrogen (secondary N) is 2. The zero-order valence-corrected chi connectivity index (χ0v) is 16.6.